The molecule has 238 valence electrons. The summed E-state index contributed by atoms with van der Waals surface area (Å²) in [4.78, 5) is 63.3. The Morgan fingerprint density at radius 3 is 1.70 bits per heavy atom. The van der Waals surface area contributed by atoms with Crippen molar-refractivity contribution in [3.05, 3.63) is 69.8 Å². The summed E-state index contributed by atoms with van der Waals surface area (Å²) in [5, 5.41) is 19.5. The molecule has 4 rings (SSSR count). The minimum Gasteiger partial charge on any atom is -0.478 e. The second-order valence-corrected chi connectivity index (χ2v) is 11.5. The first kappa shape index (κ1) is 34.4. The van der Waals surface area contributed by atoms with Crippen molar-refractivity contribution in [1.82, 2.24) is 9.80 Å². The van der Waals surface area contributed by atoms with Gasteiger partial charge in [-0.15, -0.1) is 0 Å². The molecule has 0 heterocycles. The monoisotopic (exact) mass is 608 g/mol. The van der Waals surface area contributed by atoms with Crippen LogP contribution in [0.25, 0.3) is 0 Å². The lowest BCUT2D eigenvalue weighted by Gasteiger charge is -2.18. The topological polar surface area (TPSA) is 142 Å². The molecule has 2 N–H and O–H groups in total. The Hall–Kier alpha value is -4.05. The van der Waals surface area contributed by atoms with E-state index in [1.807, 2.05) is 13.8 Å². The summed E-state index contributed by atoms with van der Waals surface area (Å²) in [6.45, 7) is 7.20. The first-order chi connectivity index (χ1) is 20.9. The molecule has 0 bridgehead atoms. The van der Waals surface area contributed by atoms with E-state index in [1.165, 1.54) is 23.1 Å². The van der Waals surface area contributed by atoms with Crippen LogP contribution in [0.1, 0.15) is 123 Å². The Morgan fingerprint density at radius 2 is 1.23 bits per heavy atom. The Morgan fingerprint density at radius 1 is 0.750 bits per heavy atom. The maximum absolute atomic E-state index is 12.5. The lowest BCUT2D eigenvalue weighted by molar-refractivity contribution is 0.0524. The Bertz CT molecular complexity index is 1380. The van der Waals surface area contributed by atoms with E-state index >= 15 is 0 Å². The second-order valence-electron chi connectivity index (χ2n) is 11.5. The number of rotatable bonds is 13. The van der Waals surface area contributed by atoms with Crippen LogP contribution in [0.4, 0.5) is 0 Å². The summed E-state index contributed by atoms with van der Waals surface area (Å²) in [5.74, 6) is -1.86. The van der Waals surface area contributed by atoms with Gasteiger partial charge in [-0.25, -0.2) is 9.59 Å². The molecule has 2 fully saturated rings. The highest BCUT2D eigenvalue weighted by Crippen LogP contribution is 2.41. The van der Waals surface area contributed by atoms with Crippen LogP contribution < -0.4 is 0 Å². The lowest BCUT2D eigenvalue weighted by Crippen LogP contribution is -2.28. The van der Waals surface area contributed by atoms with Crippen LogP contribution in [0.5, 0.6) is 0 Å². The summed E-state index contributed by atoms with van der Waals surface area (Å²) in [6, 6.07) is 9.09. The summed E-state index contributed by atoms with van der Waals surface area (Å²) in [7, 11) is 3.40. The number of amides is 2. The largest absolute Gasteiger partial charge is 0.478 e. The van der Waals surface area contributed by atoms with Crippen molar-refractivity contribution in [3.8, 4) is 0 Å². The number of hydrogen-bond donors (Lipinski definition) is 2. The van der Waals surface area contributed by atoms with Crippen LogP contribution >= 0.6 is 0 Å². The minimum absolute atomic E-state index is 0.00892. The van der Waals surface area contributed by atoms with Crippen molar-refractivity contribution in [1.29, 1.82) is 0 Å². The molecule has 0 aliphatic heterocycles. The third-order valence-corrected chi connectivity index (χ3v) is 7.59. The molecule has 2 aliphatic rings. The highest BCUT2D eigenvalue weighted by molar-refractivity contribution is 6.05. The van der Waals surface area contributed by atoms with Gasteiger partial charge >= 0.3 is 11.9 Å². The number of ketones is 1. The van der Waals surface area contributed by atoms with Crippen LogP contribution in [-0.2, 0) is 4.74 Å². The van der Waals surface area contributed by atoms with Crippen molar-refractivity contribution >= 4 is 29.5 Å². The molecular weight excluding hydrogens is 564 g/mol. The number of esters is 1. The zero-order valence-corrected chi connectivity index (χ0v) is 26.3. The first-order valence-corrected chi connectivity index (χ1v) is 15.3. The van der Waals surface area contributed by atoms with Crippen LogP contribution in [0.15, 0.2) is 36.4 Å². The van der Waals surface area contributed by atoms with E-state index in [4.69, 9.17) is 9.84 Å². The summed E-state index contributed by atoms with van der Waals surface area (Å²) in [5.41, 5.74) is 1.92. The maximum atomic E-state index is 12.5. The summed E-state index contributed by atoms with van der Waals surface area (Å²) < 4.78 is 5.04. The van der Waals surface area contributed by atoms with Gasteiger partial charge in [0.25, 0.3) is 11.8 Å². The van der Waals surface area contributed by atoms with Crippen molar-refractivity contribution < 1.29 is 38.9 Å². The zero-order chi connectivity index (χ0) is 32.6. The van der Waals surface area contributed by atoms with Gasteiger partial charge in [-0.05, 0) is 93.3 Å². The lowest BCUT2D eigenvalue weighted by atomic mass is 9.98. The first-order valence-electron chi connectivity index (χ1n) is 15.3. The fourth-order valence-electron chi connectivity index (χ4n) is 4.87. The molecule has 2 aromatic rings. The van der Waals surface area contributed by atoms with Gasteiger partial charge in [0.15, 0.2) is 5.78 Å². The SMILES string of the molecule is CCCN(C)C(=O)c1cc(C(=O)O)cc(C(=O)C2CC2)c1.CCCN(C)C(=O)c1cc(C(=O)OCC)cc(C(O)C2CC2)c1. The molecule has 0 aromatic heterocycles. The van der Waals surface area contributed by atoms with Gasteiger partial charge in [0, 0.05) is 49.8 Å². The van der Waals surface area contributed by atoms with Gasteiger partial charge < -0.3 is 24.7 Å². The molecule has 2 saturated carbocycles. The number of carbonyl (C=O) groups excluding carboxylic acids is 4. The van der Waals surface area contributed by atoms with Crippen molar-refractivity contribution in [2.75, 3.05) is 33.8 Å². The van der Waals surface area contributed by atoms with E-state index in [1.54, 1.807) is 44.1 Å². The highest BCUT2D eigenvalue weighted by atomic mass is 16.5. The van der Waals surface area contributed by atoms with E-state index in [2.05, 4.69) is 0 Å². The fourth-order valence-corrected chi connectivity index (χ4v) is 4.87. The number of aliphatic hydroxyl groups excluding tert-OH is 1. The fraction of sp³-hybridized carbons (Fsp3) is 0.500. The van der Waals surface area contributed by atoms with Crippen molar-refractivity contribution in [2.24, 2.45) is 11.8 Å². The number of Topliss-reactive ketones (excluding diaryl/α,β-unsaturated/α-hetero) is 1. The number of aliphatic hydroxyl groups is 1. The Labute approximate surface area is 259 Å². The van der Waals surface area contributed by atoms with Gasteiger partial charge in [-0.2, -0.15) is 0 Å². The normalized spacial score (nSPS) is 14.5. The number of carboxylic acid groups (broad SMARTS) is 1. The number of ether oxygens (including phenoxy) is 1. The van der Waals surface area contributed by atoms with E-state index in [-0.39, 0.29) is 47.2 Å². The van der Waals surface area contributed by atoms with Gasteiger partial charge in [-0.3, -0.25) is 14.4 Å². The Balaban J connectivity index is 0.000000241. The van der Waals surface area contributed by atoms with Crippen molar-refractivity contribution in [3.63, 3.8) is 0 Å². The summed E-state index contributed by atoms with van der Waals surface area (Å²) in [6.07, 6.45) is 4.68. The number of aromatic carboxylic acids is 1. The van der Waals surface area contributed by atoms with E-state index in [9.17, 15) is 29.1 Å². The smallest absolute Gasteiger partial charge is 0.338 e. The molecule has 2 amide bonds. The molecule has 0 spiro atoms. The van der Waals surface area contributed by atoms with E-state index in [0.717, 1.165) is 38.5 Å². The highest BCUT2D eigenvalue weighted by Gasteiger charge is 2.33. The number of carbonyl (C=O) groups is 5. The molecule has 10 heteroatoms. The molecule has 44 heavy (non-hydrogen) atoms. The number of hydrogen-bond acceptors (Lipinski definition) is 7. The van der Waals surface area contributed by atoms with E-state index in [0.29, 0.717) is 35.3 Å². The van der Waals surface area contributed by atoms with Crippen LogP contribution in [0.3, 0.4) is 0 Å². The number of benzene rings is 2. The van der Waals surface area contributed by atoms with Crippen LogP contribution in [0.2, 0.25) is 0 Å². The second kappa shape index (κ2) is 15.6. The molecular formula is C34H44N2O8. The van der Waals surface area contributed by atoms with Gasteiger partial charge in [0.1, 0.15) is 0 Å². The van der Waals surface area contributed by atoms with E-state index < -0.39 is 18.0 Å². The molecule has 1 unspecified atom stereocenters. The Kier molecular flexibility index (Phi) is 12.2. The zero-order valence-electron chi connectivity index (χ0n) is 26.3. The third kappa shape index (κ3) is 9.22. The quantitative estimate of drug-likeness (QED) is 0.232. The third-order valence-electron chi connectivity index (χ3n) is 7.59. The van der Waals surface area contributed by atoms with Crippen molar-refractivity contribution in [2.45, 2.75) is 65.4 Å². The molecule has 1 atom stereocenters. The molecule has 0 saturated heterocycles. The van der Waals surface area contributed by atoms with Gasteiger partial charge in [0.2, 0.25) is 0 Å². The predicted octanol–water partition coefficient (Wildman–Crippen LogP) is 5.25. The predicted molar refractivity (Wildman–Crippen MR) is 165 cm³/mol. The van der Waals surface area contributed by atoms with Gasteiger partial charge in [0.05, 0.1) is 23.8 Å². The van der Waals surface area contributed by atoms with Crippen LogP contribution in [0, 0.1) is 11.8 Å². The summed E-state index contributed by atoms with van der Waals surface area (Å²) >= 11 is 0. The number of nitrogens with zero attached hydrogens (tertiary/aromatic N) is 2. The average molecular weight is 609 g/mol. The average Bonchev–Trinajstić information content (AvgIpc) is 3.93. The maximum Gasteiger partial charge on any atom is 0.338 e. The van der Waals surface area contributed by atoms with Crippen LogP contribution in [-0.4, -0.2) is 83.3 Å². The standard InChI is InChI=1S/C18H25NO4.C16H19NO4/c1-4-8-19(3)17(21)14-9-13(16(20)12-6-7-12)10-15(11-14)18(22)23-5-2;1-3-6-17(2)15(19)12-7-11(14(18)10-4-5-10)8-13(9-12)16(20)21/h9-12,16,20H,4-8H2,1-3H3;7-10H,3-6H2,1-2H3,(H,20,21). The minimum atomic E-state index is -1.13. The molecule has 0 radical (unpaired) electrons. The molecule has 10 nitrogen and oxygen atoms in total. The number of carboxylic acids is 1. The van der Waals surface area contributed by atoms with Gasteiger partial charge in [-0.1, -0.05) is 13.8 Å². The molecule has 2 aromatic carbocycles. The molecule has 2 aliphatic carbocycles.